The summed E-state index contributed by atoms with van der Waals surface area (Å²) in [4.78, 5) is 8.29. The average Bonchev–Trinajstić information content (AvgIpc) is 3.28. The Balaban J connectivity index is 1.13. The van der Waals surface area contributed by atoms with Crippen molar-refractivity contribution in [3.05, 3.63) is 102 Å². The lowest BCUT2D eigenvalue weighted by atomic mass is 9.96. The number of aromatic nitrogens is 1. The number of nitrogens with one attached hydrogen (secondary N) is 1. The normalized spacial score (nSPS) is 16.1. The fourth-order valence-electron chi connectivity index (χ4n) is 5.18. The number of aromatic amines is 1. The molecule has 1 aliphatic heterocycles. The maximum Gasteiger partial charge on any atom is 0.128 e. The van der Waals surface area contributed by atoms with Crippen LogP contribution in [0.15, 0.2) is 84.9 Å². The number of rotatable bonds is 9. The molecule has 0 amide bonds. The van der Waals surface area contributed by atoms with Crippen molar-refractivity contribution in [1.82, 2.24) is 14.8 Å². The molecule has 2 heterocycles. The van der Waals surface area contributed by atoms with Crippen molar-refractivity contribution in [3.8, 4) is 5.75 Å². The first-order valence-corrected chi connectivity index (χ1v) is 12.6. The second kappa shape index (κ2) is 11.1. The summed E-state index contributed by atoms with van der Waals surface area (Å²) >= 11 is 0. The summed E-state index contributed by atoms with van der Waals surface area (Å²) in [6, 6.07) is 30.0. The molecule has 182 valence electrons. The number of nitrogens with zero attached hydrogens (tertiary/aromatic N) is 2. The molecule has 1 atom stereocenters. The first-order valence-electron chi connectivity index (χ1n) is 12.6. The molecule has 35 heavy (non-hydrogen) atoms. The highest BCUT2D eigenvalue weighted by molar-refractivity contribution is 5.86. The van der Waals surface area contributed by atoms with E-state index in [1.807, 2.05) is 12.1 Å². The second-order valence-corrected chi connectivity index (χ2v) is 9.52. The zero-order valence-corrected chi connectivity index (χ0v) is 20.4. The summed E-state index contributed by atoms with van der Waals surface area (Å²) in [5.74, 6) is 0.875. The fourth-order valence-corrected chi connectivity index (χ4v) is 5.18. The number of H-pyrrole nitrogens is 1. The zero-order chi connectivity index (χ0) is 24.0. The predicted molar refractivity (Wildman–Crippen MR) is 142 cm³/mol. The van der Waals surface area contributed by atoms with Gasteiger partial charge in [0.15, 0.2) is 0 Å². The van der Waals surface area contributed by atoms with Crippen molar-refractivity contribution in [1.29, 1.82) is 0 Å². The van der Waals surface area contributed by atoms with Crippen LogP contribution in [0.3, 0.4) is 0 Å². The molecule has 0 radical (unpaired) electrons. The number of aryl methyl sites for hydroxylation is 1. The molecule has 1 unspecified atom stereocenters. The molecule has 4 aromatic rings. The average molecular weight is 470 g/mol. The third-order valence-electron chi connectivity index (χ3n) is 6.94. The third-order valence-corrected chi connectivity index (χ3v) is 6.94. The molecule has 3 aromatic carbocycles. The van der Waals surface area contributed by atoms with E-state index in [1.54, 1.807) is 0 Å². The van der Waals surface area contributed by atoms with Crippen molar-refractivity contribution in [2.45, 2.75) is 25.5 Å². The highest BCUT2D eigenvalue weighted by Gasteiger charge is 2.27. The van der Waals surface area contributed by atoms with Gasteiger partial charge >= 0.3 is 0 Å². The smallest absolute Gasteiger partial charge is 0.128 e. The van der Waals surface area contributed by atoms with E-state index in [0.29, 0.717) is 19.6 Å². The van der Waals surface area contributed by atoms with Crippen LogP contribution in [0.2, 0.25) is 0 Å². The van der Waals surface area contributed by atoms with Gasteiger partial charge < -0.3 is 14.8 Å². The first kappa shape index (κ1) is 23.6. The Morgan fingerprint density at radius 1 is 0.857 bits per heavy atom. The van der Waals surface area contributed by atoms with Crippen molar-refractivity contribution in [2.24, 2.45) is 0 Å². The Hall–Kier alpha value is -3.12. The van der Waals surface area contributed by atoms with E-state index in [4.69, 9.17) is 4.74 Å². The molecule has 0 bridgehead atoms. The van der Waals surface area contributed by atoms with Gasteiger partial charge in [-0.05, 0) is 36.2 Å². The van der Waals surface area contributed by atoms with E-state index in [2.05, 4.69) is 94.5 Å². The van der Waals surface area contributed by atoms with Crippen LogP contribution in [-0.4, -0.2) is 65.3 Å². The van der Waals surface area contributed by atoms with Crippen molar-refractivity contribution < 1.29 is 9.84 Å². The zero-order valence-electron chi connectivity index (χ0n) is 20.4. The number of piperazine rings is 1. The molecule has 5 heteroatoms. The lowest BCUT2D eigenvalue weighted by Crippen LogP contribution is -2.49. The third kappa shape index (κ3) is 5.76. The van der Waals surface area contributed by atoms with Crippen LogP contribution in [0.25, 0.3) is 10.9 Å². The molecule has 5 rings (SSSR count). The van der Waals surface area contributed by atoms with Gasteiger partial charge in [-0.15, -0.1) is 0 Å². The first-order chi connectivity index (χ1) is 17.2. The van der Waals surface area contributed by atoms with Crippen LogP contribution in [-0.2, 0) is 0 Å². The van der Waals surface area contributed by atoms with Crippen LogP contribution in [0.4, 0.5) is 0 Å². The molecule has 2 N–H and O–H groups in total. The molecule has 0 aliphatic carbocycles. The molecule has 1 saturated heterocycles. The number of benzene rings is 3. The molecule has 0 saturated carbocycles. The van der Waals surface area contributed by atoms with E-state index in [0.717, 1.165) is 48.5 Å². The van der Waals surface area contributed by atoms with Crippen LogP contribution < -0.4 is 4.74 Å². The monoisotopic (exact) mass is 469 g/mol. The van der Waals surface area contributed by atoms with Gasteiger partial charge in [0.05, 0.1) is 18.8 Å². The number of fused-ring (bicyclic) bond motifs is 1. The standard InChI is InChI=1S/C30H35N3O2/c1-23-21-27-28(31-23)13-8-14-29(27)35-20-15-26(34)22-32-16-18-33(19-17-32)30(24-9-4-2-5-10-24)25-11-6-3-7-12-25/h2-14,21,26,30-31,34H,15-20,22H2,1H3. The van der Waals surface area contributed by atoms with E-state index < -0.39 is 6.10 Å². The number of β-amino-alcohol motifs (C(OH)–C–C–N with tert-alkyl or cyclic N) is 1. The topological polar surface area (TPSA) is 51.7 Å². The van der Waals surface area contributed by atoms with Crippen molar-refractivity contribution in [2.75, 3.05) is 39.3 Å². The lowest BCUT2D eigenvalue weighted by Gasteiger charge is -2.40. The van der Waals surface area contributed by atoms with Crippen molar-refractivity contribution in [3.63, 3.8) is 0 Å². The Bertz CT molecular complexity index is 1160. The number of ether oxygens (including phenoxy) is 1. The lowest BCUT2D eigenvalue weighted by molar-refractivity contribution is 0.0532. The summed E-state index contributed by atoms with van der Waals surface area (Å²) in [5, 5.41) is 11.8. The quantitative estimate of drug-likeness (QED) is 0.362. The van der Waals surface area contributed by atoms with Gasteiger partial charge in [0.1, 0.15) is 5.75 Å². The van der Waals surface area contributed by atoms with Gasteiger partial charge in [0.25, 0.3) is 0 Å². The molecule has 1 aromatic heterocycles. The van der Waals surface area contributed by atoms with E-state index in [9.17, 15) is 5.11 Å². The molecular formula is C30H35N3O2. The minimum Gasteiger partial charge on any atom is -0.493 e. The highest BCUT2D eigenvalue weighted by Crippen LogP contribution is 2.30. The Morgan fingerprint density at radius 3 is 2.17 bits per heavy atom. The number of hydrogen-bond donors (Lipinski definition) is 2. The Labute approximate surface area is 208 Å². The minimum absolute atomic E-state index is 0.262. The number of aliphatic hydroxyl groups excluding tert-OH is 1. The van der Waals surface area contributed by atoms with E-state index >= 15 is 0 Å². The number of hydrogen-bond acceptors (Lipinski definition) is 4. The van der Waals surface area contributed by atoms with Crippen LogP contribution in [0.5, 0.6) is 5.75 Å². The SMILES string of the molecule is Cc1cc2c(OCCC(O)CN3CCN(C(c4ccccc4)c4ccccc4)CC3)cccc2[nH]1. The van der Waals surface area contributed by atoms with E-state index in [-0.39, 0.29) is 6.04 Å². The fraction of sp³-hybridized carbons (Fsp3) is 0.333. The van der Waals surface area contributed by atoms with Crippen molar-refractivity contribution >= 4 is 10.9 Å². The predicted octanol–water partition coefficient (Wildman–Crippen LogP) is 5.01. The Kier molecular flexibility index (Phi) is 7.48. The molecule has 1 aliphatic rings. The van der Waals surface area contributed by atoms with Crippen LogP contribution in [0.1, 0.15) is 29.3 Å². The van der Waals surface area contributed by atoms with Gasteiger partial charge in [-0.3, -0.25) is 9.80 Å². The van der Waals surface area contributed by atoms with Gasteiger partial charge in [-0.2, -0.15) is 0 Å². The van der Waals surface area contributed by atoms with Gasteiger partial charge in [-0.25, -0.2) is 0 Å². The van der Waals surface area contributed by atoms with Gasteiger partial charge in [-0.1, -0.05) is 66.7 Å². The number of aliphatic hydroxyl groups is 1. The van der Waals surface area contributed by atoms with E-state index in [1.165, 1.54) is 11.1 Å². The summed E-state index contributed by atoms with van der Waals surface area (Å²) in [6.45, 7) is 7.11. The van der Waals surface area contributed by atoms with Crippen LogP contribution >= 0.6 is 0 Å². The summed E-state index contributed by atoms with van der Waals surface area (Å²) in [7, 11) is 0. The molecular weight excluding hydrogens is 434 g/mol. The largest absolute Gasteiger partial charge is 0.493 e. The van der Waals surface area contributed by atoms with Crippen LogP contribution in [0, 0.1) is 6.92 Å². The summed E-state index contributed by atoms with van der Waals surface area (Å²) in [5.41, 5.74) is 4.87. The maximum atomic E-state index is 10.7. The van der Waals surface area contributed by atoms with Gasteiger partial charge in [0.2, 0.25) is 0 Å². The summed E-state index contributed by atoms with van der Waals surface area (Å²) < 4.78 is 6.03. The van der Waals surface area contributed by atoms with Gasteiger partial charge in [0, 0.05) is 55.7 Å². The molecule has 0 spiro atoms. The molecule has 5 nitrogen and oxygen atoms in total. The Morgan fingerprint density at radius 2 is 1.51 bits per heavy atom. The maximum absolute atomic E-state index is 10.7. The second-order valence-electron chi connectivity index (χ2n) is 9.52. The molecule has 1 fully saturated rings. The summed E-state index contributed by atoms with van der Waals surface area (Å²) in [6.07, 6.45) is 0.226. The highest BCUT2D eigenvalue weighted by atomic mass is 16.5. The minimum atomic E-state index is -0.396.